The van der Waals surface area contributed by atoms with Gasteiger partial charge in [0.05, 0.1) is 33.5 Å². The van der Waals surface area contributed by atoms with Gasteiger partial charge < -0.3 is 19.9 Å². The maximum absolute atomic E-state index is 15.4. The average Bonchev–Trinajstić information content (AvgIpc) is 3.74. The highest BCUT2D eigenvalue weighted by molar-refractivity contribution is 7.22. The first-order chi connectivity index (χ1) is 23.8. The Bertz CT molecular complexity index is 2290. The number of halogens is 2. The average molecular weight is 680 g/mol. The number of aliphatic hydroxyl groups excluding tert-OH is 1. The van der Waals surface area contributed by atoms with Crippen LogP contribution in [0.2, 0.25) is 0 Å². The van der Waals surface area contributed by atoms with Crippen molar-refractivity contribution in [3.63, 3.8) is 0 Å². The van der Waals surface area contributed by atoms with E-state index in [1.807, 2.05) is 24.4 Å². The molecule has 49 heavy (non-hydrogen) atoms. The lowest BCUT2D eigenvalue weighted by Gasteiger charge is -2.35. The molecule has 0 bridgehead atoms. The fraction of sp³-hybridized carbons (Fsp3) is 0.167. The van der Waals surface area contributed by atoms with E-state index in [1.165, 1.54) is 52.3 Å². The smallest absolute Gasteiger partial charge is 0.271 e. The molecule has 2 N–H and O–H groups in total. The van der Waals surface area contributed by atoms with Gasteiger partial charge in [-0.25, -0.2) is 8.78 Å². The maximum Gasteiger partial charge on any atom is 0.271 e. The number of aromatic nitrogens is 3. The molecule has 2 aromatic carbocycles. The van der Waals surface area contributed by atoms with Crippen LogP contribution in [0.3, 0.4) is 0 Å². The number of likely N-dealkylation sites (tertiary alicyclic amines) is 1. The number of anilines is 1. The van der Waals surface area contributed by atoms with Gasteiger partial charge in [0.1, 0.15) is 22.9 Å². The molecule has 1 fully saturated rings. The van der Waals surface area contributed by atoms with Crippen LogP contribution in [0.4, 0.5) is 14.5 Å². The molecule has 2 aliphatic heterocycles. The molecule has 1 amide bonds. The lowest BCUT2D eigenvalue weighted by molar-refractivity contribution is -0.00291. The zero-order valence-electron chi connectivity index (χ0n) is 25.7. The first-order valence-corrected chi connectivity index (χ1v) is 16.3. The van der Waals surface area contributed by atoms with Crippen molar-refractivity contribution in [3.05, 3.63) is 124 Å². The van der Waals surface area contributed by atoms with Gasteiger partial charge in [0.25, 0.3) is 11.5 Å². The van der Waals surface area contributed by atoms with Crippen molar-refractivity contribution < 1.29 is 28.2 Å². The summed E-state index contributed by atoms with van der Waals surface area (Å²) in [5.74, 6) is -1.44. The summed E-state index contributed by atoms with van der Waals surface area (Å²) in [5, 5.41) is 12.1. The van der Waals surface area contributed by atoms with Crippen LogP contribution in [0, 0.1) is 11.6 Å². The number of aliphatic hydroxyl groups is 1. The second kappa shape index (κ2) is 12.5. The third kappa shape index (κ3) is 6.03. The van der Waals surface area contributed by atoms with E-state index in [0.29, 0.717) is 53.3 Å². The van der Waals surface area contributed by atoms with Gasteiger partial charge in [-0.05, 0) is 54.1 Å². The molecule has 10 nitrogen and oxygen atoms in total. The van der Waals surface area contributed by atoms with Crippen LogP contribution in [-0.2, 0) is 13.0 Å². The summed E-state index contributed by atoms with van der Waals surface area (Å²) >= 11 is 1.42. The second-order valence-electron chi connectivity index (χ2n) is 11.8. The number of fused-ring (bicyclic) bond motifs is 2. The Hall–Kier alpha value is -5.50. The van der Waals surface area contributed by atoms with Crippen LogP contribution in [0.15, 0.2) is 90.1 Å². The molecule has 0 radical (unpaired) electrons. The van der Waals surface area contributed by atoms with E-state index < -0.39 is 23.1 Å². The molecule has 4 aromatic heterocycles. The fourth-order valence-electron chi connectivity index (χ4n) is 5.94. The van der Waals surface area contributed by atoms with Crippen LogP contribution in [0.1, 0.15) is 21.5 Å². The number of nitrogens with zero attached hydrogens (tertiary/aromatic N) is 4. The largest absolute Gasteiger partial charge is 0.492 e. The Kier molecular flexibility index (Phi) is 7.86. The molecule has 1 saturated heterocycles. The molecule has 246 valence electrons. The van der Waals surface area contributed by atoms with E-state index in [0.717, 1.165) is 28.7 Å². The van der Waals surface area contributed by atoms with Crippen molar-refractivity contribution in [2.45, 2.75) is 19.1 Å². The van der Waals surface area contributed by atoms with E-state index in [9.17, 15) is 19.1 Å². The molecule has 0 unspecified atom stereocenters. The molecule has 13 heteroatoms. The number of thiophene rings is 1. The van der Waals surface area contributed by atoms with Crippen LogP contribution in [0.5, 0.6) is 17.2 Å². The van der Waals surface area contributed by atoms with Gasteiger partial charge in [-0.15, -0.1) is 11.3 Å². The number of β-amino-alcohol motifs (C(OH)–C–C–N with tert-alkyl or cyclic N) is 1. The lowest BCUT2D eigenvalue weighted by Crippen LogP contribution is -2.49. The number of nitrogens with one attached hydrogen (secondary N) is 1. The molecular formula is C36H27F2N5O5S. The summed E-state index contributed by atoms with van der Waals surface area (Å²) in [6.07, 6.45) is 5.22. The third-order valence-electron chi connectivity index (χ3n) is 8.39. The fourth-order valence-corrected chi connectivity index (χ4v) is 6.98. The first-order valence-electron chi connectivity index (χ1n) is 15.5. The zero-order chi connectivity index (χ0) is 33.6. The number of amides is 1. The number of hydrogen-bond donors (Lipinski definition) is 2. The van der Waals surface area contributed by atoms with Crippen molar-refractivity contribution >= 4 is 33.1 Å². The molecule has 2 aliphatic rings. The van der Waals surface area contributed by atoms with E-state index in [1.54, 1.807) is 18.5 Å². The summed E-state index contributed by atoms with van der Waals surface area (Å²) in [6, 6.07) is 16.8. The van der Waals surface area contributed by atoms with E-state index in [2.05, 4.69) is 20.2 Å². The SMILES string of the molecule is O=C(Nc1ccc(Oc2ccnc3cc(-c4ccc(CN5CC(O)C5)cn4)sc23)c(F)c1)c1c2c(cn(-c3ccc(F)cc3)c1=O)CCO2. The van der Waals surface area contributed by atoms with Gasteiger partial charge in [-0.2, -0.15) is 0 Å². The van der Waals surface area contributed by atoms with Crippen LogP contribution >= 0.6 is 11.3 Å². The Balaban J connectivity index is 1.01. The predicted molar refractivity (Wildman–Crippen MR) is 180 cm³/mol. The molecule has 0 saturated carbocycles. The number of pyridine rings is 3. The van der Waals surface area contributed by atoms with Crippen LogP contribution in [0.25, 0.3) is 26.5 Å². The maximum atomic E-state index is 15.4. The van der Waals surface area contributed by atoms with Gasteiger partial charge in [0, 0.05) is 73.7 Å². The summed E-state index contributed by atoms with van der Waals surface area (Å²) in [7, 11) is 0. The van der Waals surface area contributed by atoms with Gasteiger partial charge in [-0.1, -0.05) is 6.07 Å². The van der Waals surface area contributed by atoms with Crippen molar-refractivity contribution in [3.8, 4) is 33.5 Å². The Morgan fingerprint density at radius 2 is 1.88 bits per heavy atom. The highest BCUT2D eigenvalue weighted by Gasteiger charge is 2.28. The van der Waals surface area contributed by atoms with Crippen molar-refractivity contribution in [2.24, 2.45) is 0 Å². The Morgan fingerprint density at radius 3 is 2.63 bits per heavy atom. The first kappa shape index (κ1) is 30.8. The Morgan fingerprint density at radius 1 is 1.04 bits per heavy atom. The number of carbonyl (C=O) groups excluding carboxylic acids is 1. The number of hydrogen-bond acceptors (Lipinski definition) is 9. The summed E-state index contributed by atoms with van der Waals surface area (Å²) in [5.41, 5.74) is 2.76. The number of rotatable bonds is 8. The minimum atomic E-state index is -0.768. The summed E-state index contributed by atoms with van der Waals surface area (Å²) in [6.45, 7) is 2.35. The summed E-state index contributed by atoms with van der Waals surface area (Å²) < 4.78 is 42.6. The highest BCUT2D eigenvalue weighted by Crippen LogP contribution is 2.39. The quantitative estimate of drug-likeness (QED) is 0.203. The van der Waals surface area contributed by atoms with Crippen LogP contribution < -0.4 is 20.3 Å². The molecule has 6 aromatic rings. The van der Waals surface area contributed by atoms with Crippen molar-refractivity contribution in [1.29, 1.82) is 0 Å². The number of ether oxygens (including phenoxy) is 2. The standard InChI is InChI=1S/C36H27F2N5O5S/c37-22-2-5-24(6-3-22)43-17-21-10-12-47-33(21)32(36(43)46)35(45)41-23-4-8-29(26(38)13-23)48-30-9-11-39-28-14-31(49-34(28)30)27-7-1-20(15-40-27)16-42-18-25(44)19-42/h1-9,11,13-15,17,25,44H,10,12,16,18-19H2,(H,41,45). The topological polar surface area (TPSA) is 119 Å². The summed E-state index contributed by atoms with van der Waals surface area (Å²) in [4.78, 5) is 39.0. The second-order valence-corrected chi connectivity index (χ2v) is 12.9. The number of carbonyl (C=O) groups is 1. The van der Waals surface area contributed by atoms with Crippen molar-refractivity contribution in [2.75, 3.05) is 25.0 Å². The van der Waals surface area contributed by atoms with Crippen LogP contribution in [-0.4, -0.2) is 56.2 Å². The predicted octanol–water partition coefficient (Wildman–Crippen LogP) is 5.94. The molecular weight excluding hydrogens is 652 g/mol. The molecule has 0 atom stereocenters. The monoisotopic (exact) mass is 679 g/mol. The Labute approximate surface area is 281 Å². The van der Waals surface area contributed by atoms with E-state index in [4.69, 9.17) is 9.47 Å². The molecule has 0 spiro atoms. The van der Waals surface area contributed by atoms with Crippen molar-refractivity contribution in [1.82, 2.24) is 19.4 Å². The molecule has 6 heterocycles. The van der Waals surface area contributed by atoms with E-state index >= 15 is 4.39 Å². The van der Waals surface area contributed by atoms with E-state index in [-0.39, 0.29) is 28.9 Å². The molecule has 0 aliphatic carbocycles. The number of benzene rings is 2. The van der Waals surface area contributed by atoms with Gasteiger partial charge in [-0.3, -0.25) is 29.0 Å². The third-order valence-corrected chi connectivity index (χ3v) is 9.55. The van der Waals surface area contributed by atoms with Gasteiger partial charge >= 0.3 is 0 Å². The lowest BCUT2D eigenvalue weighted by atomic mass is 10.1. The molecule has 8 rings (SSSR count). The minimum absolute atomic E-state index is 0.0679. The zero-order valence-corrected chi connectivity index (χ0v) is 26.5. The highest BCUT2D eigenvalue weighted by atomic mass is 32.1. The normalized spacial score (nSPS) is 14.3. The van der Waals surface area contributed by atoms with Gasteiger partial charge in [0.2, 0.25) is 0 Å². The van der Waals surface area contributed by atoms with Gasteiger partial charge in [0.15, 0.2) is 11.6 Å². The minimum Gasteiger partial charge on any atom is -0.492 e.